The molecule has 1 aliphatic carbocycles. The number of carboxylic acids is 1. The number of hydrogen-bond donors (Lipinski definition) is 1. The van der Waals surface area contributed by atoms with E-state index >= 15 is 0 Å². The van der Waals surface area contributed by atoms with Gasteiger partial charge in [-0.3, -0.25) is 5.01 Å². The van der Waals surface area contributed by atoms with Crippen molar-refractivity contribution in [1.82, 2.24) is 0 Å². The molecule has 3 atom stereocenters. The van der Waals surface area contributed by atoms with Gasteiger partial charge >= 0.3 is 5.97 Å². The summed E-state index contributed by atoms with van der Waals surface area (Å²) in [6.07, 6.45) is 2.72. The smallest absolute Gasteiger partial charge is 0.335 e. The minimum atomic E-state index is -0.914. The first-order valence-electron chi connectivity index (χ1n) is 10.1. The molecule has 1 saturated heterocycles. The van der Waals surface area contributed by atoms with Gasteiger partial charge in [0.2, 0.25) is 0 Å². The molecule has 0 amide bonds. The van der Waals surface area contributed by atoms with Gasteiger partial charge in [-0.1, -0.05) is 17.7 Å². The van der Waals surface area contributed by atoms with Crippen molar-refractivity contribution in [3.8, 4) is 6.07 Å². The number of fused-ring (bicyclic) bond motifs is 3. The van der Waals surface area contributed by atoms with Gasteiger partial charge in [0.1, 0.15) is 6.07 Å². The maximum atomic E-state index is 11.4. The maximum Gasteiger partial charge on any atom is 0.335 e. The zero-order chi connectivity index (χ0) is 20.8. The standard InChI is InChI=1S/C23H20ClN3O3/c24-20-10-17(4-1-15(20)11-25)27-22(16-7-8-30-12-16)19-6-2-13-9-14(23(28)29)3-5-18(13)21(19)26-27/h1,3-5,9-10,16,19,22H,2,6-8,12H2,(H,28,29)/t16-,19?,22?/m0/s1. The molecule has 2 aromatic rings. The van der Waals surface area contributed by atoms with Gasteiger partial charge in [0.25, 0.3) is 0 Å². The van der Waals surface area contributed by atoms with Crippen molar-refractivity contribution in [2.45, 2.75) is 25.3 Å². The highest BCUT2D eigenvalue weighted by atomic mass is 35.5. The number of nitrogens with zero attached hydrogens (tertiary/aromatic N) is 3. The lowest BCUT2D eigenvalue weighted by molar-refractivity contribution is 0.0696. The number of aromatic carboxylic acids is 1. The number of aryl methyl sites for hydroxylation is 1. The molecule has 0 saturated carbocycles. The Morgan fingerprint density at radius 3 is 2.83 bits per heavy atom. The van der Waals surface area contributed by atoms with Crippen LogP contribution in [0.5, 0.6) is 0 Å². The average Bonchev–Trinajstić information content (AvgIpc) is 3.40. The third-order valence-electron chi connectivity index (χ3n) is 6.40. The molecule has 2 heterocycles. The summed E-state index contributed by atoms with van der Waals surface area (Å²) in [6, 6.07) is 13.0. The molecule has 0 bridgehead atoms. The van der Waals surface area contributed by atoms with E-state index in [0.717, 1.165) is 48.4 Å². The molecule has 6 nitrogen and oxygen atoms in total. The number of hydrazone groups is 1. The first kappa shape index (κ1) is 19.1. The lowest BCUT2D eigenvalue weighted by Gasteiger charge is -2.34. The van der Waals surface area contributed by atoms with Gasteiger partial charge < -0.3 is 9.84 Å². The number of ether oxygens (including phenoxy) is 1. The second-order valence-corrected chi connectivity index (χ2v) is 8.45. The zero-order valence-electron chi connectivity index (χ0n) is 16.2. The molecule has 0 spiro atoms. The highest BCUT2D eigenvalue weighted by molar-refractivity contribution is 6.32. The van der Waals surface area contributed by atoms with E-state index in [0.29, 0.717) is 28.7 Å². The van der Waals surface area contributed by atoms with E-state index in [-0.39, 0.29) is 12.0 Å². The van der Waals surface area contributed by atoms with Crippen molar-refractivity contribution in [2.24, 2.45) is 16.9 Å². The van der Waals surface area contributed by atoms with Gasteiger partial charge in [0.15, 0.2) is 0 Å². The van der Waals surface area contributed by atoms with Crippen LogP contribution in [-0.4, -0.2) is 36.0 Å². The maximum absolute atomic E-state index is 11.4. The largest absolute Gasteiger partial charge is 0.478 e. The summed E-state index contributed by atoms with van der Waals surface area (Å²) >= 11 is 6.32. The Morgan fingerprint density at radius 2 is 2.13 bits per heavy atom. The van der Waals surface area contributed by atoms with Gasteiger partial charge in [-0.05, 0) is 55.2 Å². The van der Waals surface area contributed by atoms with E-state index in [4.69, 9.17) is 21.4 Å². The van der Waals surface area contributed by atoms with E-state index in [1.54, 1.807) is 24.3 Å². The van der Waals surface area contributed by atoms with Crippen LogP contribution in [0.3, 0.4) is 0 Å². The Bertz CT molecular complexity index is 1100. The van der Waals surface area contributed by atoms with E-state index in [9.17, 15) is 15.2 Å². The molecular weight excluding hydrogens is 402 g/mol. The van der Waals surface area contributed by atoms with Crippen LogP contribution in [0.2, 0.25) is 5.02 Å². The van der Waals surface area contributed by atoms with Gasteiger partial charge in [-0.2, -0.15) is 10.4 Å². The number of rotatable bonds is 3. The monoisotopic (exact) mass is 421 g/mol. The van der Waals surface area contributed by atoms with Crippen molar-refractivity contribution < 1.29 is 14.6 Å². The number of anilines is 1. The minimum Gasteiger partial charge on any atom is -0.478 e. The number of nitriles is 1. The Balaban J connectivity index is 1.59. The van der Waals surface area contributed by atoms with Crippen LogP contribution in [0.15, 0.2) is 41.5 Å². The molecule has 2 aromatic carbocycles. The summed E-state index contributed by atoms with van der Waals surface area (Å²) in [6.45, 7) is 1.46. The number of carboxylic acid groups (broad SMARTS) is 1. The van der Waals surface area contributed by atoms with E-state index in [2.05, 4.69) is 6.07 Å². The van der Waals surface area contributed by atoms with E-state index < -0.39 is 5.97 Å². The molecule has 152 valence electrons. The molecular formula is C23H20ClN3O3. The third-order valence-corrected chi connectivity index (χ3v) is 6.71. The Morgan fingerprint density at radius 1 is 1.27 bits per heavy atom. The lowest BCUT2D eigenvalue weighted by Crippen LogP contribution is -2.41. The zero-order valence-corrected chi connectivity index (χ0v) is 17.0. The summed E-state index contributed by atoms with van der Waals surface area (Å²) in [7, 11) is 0. The predicted molar refractivity (Wildman–Crippen MR) is 113 cm³/mol. The number of carbonyl (C=O) groups is 1. The normalized spacial score (nSPS) is 24.7. The summed E-state index contributed by atoms with van der Waals surface area (Å²) in [5.41, 5.74) is 4.68. The second kappa shape index (κ2) is 7.42. The van der Waals surface area contributed by atoms with Crippen molar-refractivity contribution >= 4 is 29.0 Å². The van der Waals surface area contributed by atoms with Crippen LogP contribution in [0.4, 0.5) is 5.69 Å². The van der Waals surface area contributed by atoms with E-state index in [1.807, 2.05) is 17.1 Å². The average molecular weight is 422 g/mol. The molecule has 1 fully saturated rings. The van der Waals surface area contributed by atoms with Crippen LogP contribution in [0.25, 0.3) is 0 Å². The summed E-state index contributed by atoms with van der Waals surface area (Å²) in [5.74, 6) is -0.317. The summed E-state index contributed by atoms with van der Waals surface area (Å²) < 4.78 is 5.69. The first-order valence-corrected chi connectivity index (χ1v) is 10.5. The van der Waals surface area contributed by atoms with Crippen molar-refractivity contribution in [3.63, 3.8) is 0 Å². The first-order chi connectivity index (χ1) is 14.6. The van der Waals surface area contributed by atoms with Gasteiger partial charge in [0, 0.05) is 24.0 Å². The Labute approximate surface area is 179 Å². The molecule has 1 N–H and O–H groups in total. The predicted octanol–water partition coefficient (Wildman–Crippen LogP) is 4.10. The molecule has 2 aliphatic heterocycles. The Hall–Kier alpha value is -2.88. The Kier molecular flexibility index (Phi) is 4.73. The topological polar surface area (TPSA) is 85.9 Å². The number of halogens is 1. The van der Waals surface area contributed by atoms with E-state index in [1.165, 1.54) is 0 Å². The van der Waals surface area contributed by atoms with Crippen molar-refractivity contribution in [3.05, 3.63) is 63.7 Å². The third kappa shape index (κ3) is 3.06. The fourth-order valence-electron chi connectivity index (χ4n) is 4.96. The number of hydrogen-bond acceptors (Lipinski definition) is 5. The van der Waals surface area contributed by atoms with Gasteiger partial charge in [-0.25, -0.2) is 4.79 Å². The molecule has 30 heavy (non-hydrogen) atoms. The summed E-state index contributed by atoms with van der Waals surface area (Å²) in [4.78, 5) is 11.4. The van der Waals surface area contributed by atoms with Crippen LogP contribution in [0, 0.1) is 23.2 Å². The highest BCUT2D eigenvalue weighted by Crippen LogP contribution is 2.43. The lowest BCUT2D eigenvalue weighted by atomic mass is 9.75. The molecule has 0 radical (unpaired) electrons. The molecule has 2 unspecified atom stereocenters. The fourth-order valence-corrected chi connectivity index (χ4v) is 5.18. The number of benzene rings is 2. The second-order valence-electron chi connectivity index (χ2n) is 8.04. The van der Waals surface area contributed by atoms with Crippen LogP contribution >= 0.6 is 11.6 Å². The fraction of sp³-hybridized carbons (Fsp3) is 0.348. The molecule has 3 aliphatic rings. The SMILES string of the molecule is N#Cc1ccc(N2N=C3c4ccc(C(=O)O)cc4CCC3C2[C@H]2CCOC2)cc1Cl. The highest BCUT2D eigenvalue weighted by Gasteiger charge is 2.46. The van der Waals surface area contributed by atoms with Crippen molar-refractivity contribution in [2.75, 3.05) is 18.2 Å². The van der Waals surface area contributed by atoms with Crippen molar-refractivity contribution in [1.29, 1.82) is 5.26 Å². The summed E-state index contributed by atoms with van der Waals surface area (Å²) in [5, 5.41) is 26.0. The molecule has 5 rings (SSSR count). The van der Waals surface area contributed by atoms with Gasteiger partial charge in [0.05, 0.1) is 40.2 Å². The van der Waals surface area contributed by atoms with Gasteiger partial charge in [-0.15, -0.1) is 0 Å². The quantitative estimate of drug-likeness (QED) is 0.806. The molecule has 7 heteroatoms. The molecule has 0 aromatic heterocycles. The van der Waals surface area contributed by atoms with Crippen LogP contribution in [0.1, 0.15) is 39.9 Å². The van der Waals surface area contributed by atoms with Crippen LogP contribution in [-0.2, 0) is 11.2 Å². The van der Waals surface area contributed by atoms with Crippen LogP contribution < -0.4 is 5.01 Å². The minimum absolute atomic E-state index is 0.152.